The van der Waals surface area contributed by atoms with Gasteiger partial charge in [0.2, 0.25) is 5.91 Å². The van der Waals surface area contributed by atoms with Gasteiger partial charge in [-0.05, 0) is 42.2 Å². The molecule has 0 aliphatic carbocycles. The van der Waals surface area contributed by atoms with E-state index in [0.29, 0.717) is 5.16 Å². The highest BCUT2D eigenvalue weighted by Gasteiger charge is 2.20. The van der Waals surface area contributed by atoms with Gasteiger partial charge in [-0.15, -0.1) is 10.2 Å². The summed E-state index contributed by atoms with van der Waals surface area (Å²) < 4.78 is 1.89. The number of carbonyl (C=O) groups excluding carboxylic acids is 1. The molecule has 146 valence electrons. The summed E-state index contributed by atoms with van der Waals surface area (Å²) in [4.78, 5) is 16.6. The molecule has 1 aromatic carbocycles. The van der Waals surface area contributed by atoms with Crippen molar-refractivity contribution in [3.8, 4) is 11.4 Å². The molecule has 0 spiro atoms. The molecule has 6 nitrogen and oxygen atoms in total. The Morgan fingerprint density at radius 3 is 2.32 bits per heavy atom. The number of nitrogens with one attached hydrogen (secondary N) is 1. The van der Waals surface area contributed by atoms with Crippen molar-refractivity contribution in [3.63, 3.8) is 0 Å². The summed E-state index contributed by atoms with van der Waals surface area (Å²) in [6, 6.07) is 11.8. The normalized spacial score (nSPS) is 12.6. The van der Waals surface area contributed by atoms with Crippen molar-refractivity contribution >= 4 is 23.4 Å². The Hall–Kier alpha value is -2.67. The molecule has 0 aliphatic rings. The van der Waals surface area contributed by atoms with Gasteiger partial charge in [-0.2, -0.15) is 0 Å². The lowest BCUT2D eigenvalue weighted by molar-refractivity contribution is -0.115. The molecule has 0 fully saturated rings. The highest BCUT2D eigenvalue weighted by Crippen LogP contribution is 2.27. The summed E-state index contributed by atoms with van der Waals surface area (Å²) in [5.41, 5.74) is 3.05. The maximum Gasteiger partial charge on any atom is 0.237 e. The van der Waals surface area contributed by atoms with Gasteiger partial charge in [0, 0.05) is 30.7 Å². The van der Waals surface area contributed by atoms with Gasteiger partial charge in [0.05, 0.1) is 5.25 Å². The third-order valence-corrected chi connectivity index (χ3v) is 5.58. The molecule has 0 radical (unpaired) electrons. The van der Waals surface area contributed by atoms with Crippen LogP contribution in [-0.2, 0) is 17.3 Å². The quantitative estimate of drug-likeness (QED) is 0.652. The fourth-order valence-corrected chi connectivity index (χ4v) is 3.49. The monoisotopic (exact) mass is 395 g/mol. The van der Waals surface area contributed by atoms with E-state index in [2.05, 4.69) is 53.4 Å². The van der Waals surface area contributed by atoms with Gasteiger partial charge in [0.25, 0.3) is 0 Å². The van der Waals surface area contributed by atoms with E-state index in [1.54, 1.807) is 12.4 Å². The summed E-state index contributed by atoms with van der Waals surface area (Å²) in [5.74, 6) is 0.678. The summed E-state index contributed by atoms with van der Waals surface area (Å²) in [5, 5.41) is 11.8. The van der Waals surface area contributed by atoms with E-state index in [-0.39, 0.29) is 16.6 Å². The molecule has 1 atom stereocenters. The van der Waals surface area contributed by atoms with Gasteiger partial charge in [-0.3, -0.25) is 9.78 Å². The van der Waals surface area contributed by atoms with Crippen LogP contribution in [-0.4, -0.2) is 30.9 Å². The number of amides is 1. The molecule has 7 heteroatoms. The third-order valence-electron chi connectivity index (χ3n) is 4.44. The Bertz CT molecular complexity index is 945. The van der Waals surface area contributed by atoms with Crippen molar-refractivity contribution in [1.29, 1.82) is 0 Å². The third kappa shape index (κ3) is 4.59. The number of anilines is 1. The summed E-state index contributed by atoms with van der Waals surface area (Å²) >= 11 is 1.38. The fourth-order valence-electron chi connectivity index (χ4n) is 2.68. The van der Waals surface area contributed by atoms with Gasteiger partial charge in [0.15, 0.2) is 11.0 Å². The maximum atomic E-state index is 12.6. The Morgan fingerprint density at radius 1 is 1.07 bits per heavy atom. The molecule has 1 amide bonds. The Balaban J connectivity index is 1.66. The smallest absolute Gasteiger partial charge is 0.237 e. The molecule has 1 unspecified atom stereocenters. The topological polar surface area (TPSA) is 72.7 Å². The number of hydrogen-bond acceptors (Lipinski definition) is 5. The minimum Gasteiger partial charge on any atom is -0.325 e. The first kappa shape index (κ1) is 20.1. The van der Waals surface area contributed by atoms with Gasteiger partial charge >= 0.3 is 0 Å². The summed E-state index contributed by atoms with van der Waals surface area (Å²) in [6.45, 7) is 8.37. The van der Waals surface area contributed by atoms with Crippen LogP contribution < -0.4 is 5.32 Å². The van der Waals surface area contributed by atoms with Crippen molar-refractivity contribution in [3.05, 3.63) is 54.4 Å². The highest BCUT2D eigenvalue weighted by atomic mass is 32.2. The van der Waals surface area contributed by atoms with E-state index >= 15 is 0 Å². The van der Waals surface area contributed by atoms with Crippen LogP contribution in [0.2, 0.25) is 0 Å². The second-order valence-corrected chi connectivity index (χ2v) is 8.99. The predicted octanol–water partition coefficient (Wildman–Crippen LogP) is 4.29. The first-order valence-electron chi connectivity index (χ1n) is 9.13. The minimum atomic E-state index is -0.310. The SMILES string of the molecule is CC(Sc1nnc(-c2ccncc2)n1C)C(=O)Nc1ccc(C(C)(C)C)cc1. The lowest BCUT2D eigenvalue weighted by Gasteiger charge is -2.19. The van der Waals surface area contributed by atoms with E-state index in [0.717, 1.165) is 17.1 Å². The van der Waals surface area contributed by atoms with Gasteiger partial charge in [-0.25, -0.2) is 0 Å². The van der Waals surface area contributed by atoms with Crippen molar-refractivity contribution in [2.24, 2.45) is 7.05 Å². The lowest BCUT2D eigenvalue weighted by Crippen LogP contribution is -2.23. The molecular weight excluding hydrogens is 370 g/mol. The first-order chi connectivity index (χ1) is 13.3. The van der Waals surface area contributed by atoms with E-state index in [9.17, 15) is 4.79 Å². The average Bonchev–Trinajstić information content (AvgIpc) is 3.02. The zero-order chi connectivity index (χ0) is 20.3. The largest absolute Gasteiger partial charge is 0.325 e. The van der Waals surface area contributed by atoms with Crippen molar-refractivity contribution in [1.82, 2.24) is 19.7 Å². The van der Waals surface area contributed by atoms with Crippen molar-refractivity contribution < 1.29 is 4.79 Å². The maximum absolute atomic E-state index is 12.6. The van der Waals surface area contributed by atoms with E-state index in [4.69, 9.17) is 0 Å². The van der Waals surface area contributed by atoms with Gasteiger partial charge < -0.3 is 9.88 Å². The second kappa shape index (κ2) is 8.14. The van der Waals surface area contributed by atoms with Gasteiger partial charge in [0.1, 0.15) is 0 Å². The van der Waals surface area contributed by atoms with E-state index < -0.39 is 0 Å². The van der Waals surface area contributed by atoms with Crippen LogP contribution in [0, 0.1) is 0 Å². The number of thioether (sulfide) groups is 1. The molecule has 1 N–H and O–H groups in total. The van der Waals surface area contributed by atoms with Gasteiger partial charge in [-0.1, -0.05) is 44.7 Å². The number of aromatic nitrogens is 4. The van der Waals surface area contributed by atoms with Crippen LogP contribution in [0.15, 0.2) is 53.9 Å². The Morgan fingerprint density at radius 2 is 1.71 bits per heavy atom. The van der Waals surface area contributed by atoms with Crippen LogP contribution in [0.4, 0.5) is 5.69 Å². The van der Waals surface area contributed by atoms with Crippen LogP contribution in [0.25, 0.3) is 11.4 Å². The predicted molar refractivity (Wildman–Crippen MR) is 113 cm³/mol. The summed E-state index contributed by atoms with van der Waals surface area (Å²) in [6.07, 6.45) is 3.44. The highest BCUT2D eigenvalue weighted by molar-refractivity contribution is 8.00. The van der Waals surface area contributed by atoms with E-state index in [1.165, 1.54) is 17.3 Å². The van der Waals surface area contributed by atoms with E-state index in [1.807, 2.05) is 42.8 Å². The fraction of sp³-hybridized carbons (Fsp3) is 0.333. The average molecular weight is 396 g/mol. The van der Waals surface area contributed by atoms with Crippen molar-refractivity contribution in [2.75, 3.05) is 5.32 Å². The number of rotatable bonds is 5. The zero-order valence-electron chi connectivity index (χ0n) is 16.8. The lowest BCUT2D eigenvalue weighted by atomic mass is 9.87. The van der Waals surface area contributed by atoms with Crippen LogP contribution in [0.3, 0.4) is 0 Å². The molecule has 2 heterocycles. The first-order valence-corrected chi connectivity index (χ1v) is 10.0. The molecule has 3 aromatic rings. The van der Waals surface area contributed by atoms with Crippen LogP contribution >= 0.6 is 11.8 Å². The molecule has 0 saturated carbocycles. The number of carbonyl (C=O) groups is 1. The minimum absolute atomic E-state index is 0.0676. The molecule has 2 aromatic heterocycles. The number of nitrogens with zero attached hydrogens (tertiary/aromatic N) is 4. The molecule has 0 bridgehead atoms. The number of benzene rings is 1. The molecule has 3 rings (SSSR count). The zero-order valence-corrected chi connectivity index (χ0v) is 17.6. The second-order valence-electron chi connectivity index (χ2n) is 7.68. The molecular formula is C21H25N5OS. The van der Waals surface area contributed by atoms with Crippen LogP contribution in [0.5, 0.6) is 0 Å². The standard InChI is InChI=1S/C21H25N5OS/c1-14(19(27)23-17-8-6-16(7-9-17)21(2,3)4)28-20-25-24-18(26(20)5)15-10-12-22-13-11-15/h6-14H,1-5H3,(H,23,27). The number of hydrogen-bond donors (Lipinski definition) is 1. The Labute approximate surface area is 169 Å². The molecule has 0 aliphatic heterocycles. The van der Waals surface area contributed by atoms with Crippen molar-refractivity contribution in [2.45, 2.75) is 43.5 Å². The Kier molecular flexibility index (Phi) is 5.84. The molecule has 28 heavy (non-hydrogen) atoms. The number of pyridine rings is 1. The summed E-state index contributed by atoms with van der Waals surface area (Å²) in [7, 11) is 1.90. The van der Waals surface area contributed by atoms with Crippen LogP contribution in [0.1, 0.15) is 33.3 Å². The molecule has 0 saturated heterocycles.